The van der Waals surface area contributed by atoms with E-state index in [4.69, 9.17) is 14.9 Å². The van der Waals surface area contributed by atoms with Crippen LogP contribution in [-0.2, 0) is 4.74 Å². The maximum absolute atomic E-state index is 9.04. The Balaban J connectivity index is -0.00000144. The Morgan fingerprint density at radius 3 is 1.70 bits per heavy atom. The van der Waals surface area contributed by atoms with E-state index in [1.165, 1.54) is 57.8 Å². The van der Waals surface area contributed by atoms with Gasteiger partial charge in [-0.2, -0.15) is 0 Å². The van der Waals surface area contributed by atoms with Gasteiger partial charge in [0.15, 0.2) is 0 Å². The molecule has 0 amide bonds. The molecule has 126 valence electrons. The normalized spacial score (nSPS) is 11.6. The van der Waals surface area contributed by atoms with Crippen molar-refractivity contribution in [1.82, 2.24) is 0 Å². The average molecular weight is 293 g/mol. The van der Waals surface area contributed by atoms with E-state index in [9.17, 15) is 0 Å². The highest BCUT2D eigenvalue weighted by Crippen LogP contribution is 2.10. The summed E-state index contributed by atoms with van der Waals surface area (Å²) in [5, 5.41) is 17.6. The Morgan fingerprint density at radius 2 is 1.25 bits per heavy atom. The molecule has 0 radical (unpaired) electrons. The van der Waals surface area contributed by atoms with Crippen molar-refractivity contribution >= 4 is 0 Å². The van der Waals surface area contributed by atoms with Crippen molar-refractivity contribution in [2.75, 3.05) is 19.8 Å². The third kappa shape index (κ3) is 20.2. The van der Waals surface area contributed by atoms with Crippen LogP contribution in [-0.4, -0.2) is 36.1 Å². The minimum atomic E-state index is -0.715. The summed E-state index contributed by atoms with van der Waals surface area (Å²) < 4.78 is 5.25. The molecule has 3 nitrogen and oxygen atoms in total. The fraction of sp³-hybridized carbons (Fsp3) is 1.00. The lowest BCUT2D eigenvalue weighted by Gasteiger charge is -2.07. The first-order valence-corrected chi connectivity index (χ1v) is 7.68. The largest absolute Gasteiger partial charge is 0.394 e. The Morgan fingerprint density at radius 1 is 0.800 bits per heavy atom. The van der Waals surface area contributed by atoms with Crippen molar-refractivity contribution in [3.63, 3.8) is 0 Å². The Labute approximate surface area is 127 Å². The van der Waals surface area contributed by atoms with Crippen molar-refractivity contribution in [2.24, 2.45) is 0 Å². The maximum atomic E-state index is 9.04. The summed E-state index contributed by atoms with van der Waals surface area (Å²) in [6.45, 7) is 3.00. The highest BCUT2D eigenvalue weighted by molar-refractivity contribution is 4.50. The Hall–Kier alpha value is -0.120. The van der Waals surface area contributed by atoms with Gasteiger partial charge in [-0.25, -0.2) is 0 Å². The molecule has 0 spiro atoms. The van der Waals surface area contributed by atoms with Crippen LogP contribution in [0.15, 0.2) is 0 Å². The van der Waals surface area contributed by atoms with Crippen LogP contribution < -0.4 is 0 Å². The molecule has 0 fully saturated rings. The number of aliphatic hydroxyl groups excluding tert-OH is 2. The smallest absolute Gasteiger partial charge is 0.100 e. The second-order valence-corrected chi connectivity index (χ2v) is 5.09. The highest BCUT2D eigenvalue weighted by Gasteiger charge is 2.00. The van der Waals surface area contributed by atoms with Gasteiger partial charge in [-0.05, 0) is 6.42 Å². The van der Waals surface area contributed by atoms with Crippen LogP contribution in [0.25, 0.3) is 0 Å². The SMILES string of the molecule is C.C.CCCCCCCCCCCCOCC(O)CO. The van der Waals surface area contributed by atoms with Crippen molar-refractivity contribution in [1.29, 1.82) is 0 Å². The average Bonchev–Trinajstić information content (AvgIpc) is 2.39. The van der Waals surface area contributed by atoms with Gasteiger partial charge in [-0.3, -0.25) is 0 Å². The van der Waals surface area contributed by atoms with Gasteiger partial charge in [0.25, 0.3) is 0 Å². The zero-order valence-electron chi connectivity index (χ0n) is 12.1. The van der Waals surface area contributed by atoms with E-state index in [-0.39, 0.29) is 28.1 Å². The summed E-state index contributed by atoms with van der Waals surface area (Å²) >= 11 is 0. The molecule has 0 saturated heterocycles. The van der Waals surface area contributed by atoms with Gasteiger partial charge in [-0.15, -0.1) is 0 Å². The molecule has 0 aromatic heterocycles. The summed E-state index contributed by atoms with van der Waals surface area (Å²) in [5.41, 5.74) is 0. The standard InChI is InChI=1S/C15H32O3.2CH4/c1-2-3-4-5-6-7-8-9-10-11-12-18-14-15(17)13-16;;/h15-17H,2-14H2,1H3;2*1H4. The minimum Gasteiger partial charge on any atom is -0.394 e. The molecule has 3 heteroatoms. The van der Waals surface area contributed by atoms with Gasteiger partial charge in [0.05, 0.1) is 13.2 Å². The highest BCUT2D eigenvalue weighted by atomic mass is 16.5. The van der Waals surface area contributed by atoms with Gasteiger partial charge in [-0.1, -0.05) is 79.6 Å². The number of rotatable bonds is 14. The van der Waals surface area contributed by atoms with Crippen LogP contribution in [0.3, 0.4) is 0 Å². The molecule has 0 rings (SSSR count). The third-order valence-corrected chi connectivity index (χ3v) is 3.16. The zero-order chi connectivity index (χ0) is 13.5. The molecule has 0 heterocycles. The number of aliphatic hydroxyl groups is 2. The van der Waals surface area contributed by atoms with Crippen LogP contribution in [0.4, 0.5) is 0 Å². The van der Waals surface area contributed by atoms with Gasteiger partial charge >= 0.3 is 0 Å². The molecule has 0 aliphatic heterocycles. The Kier molecular flexibility index (Phi) is 26.3. The first-order chi connectivity index (χ1) is 8.81. The van der Waals surface area contributed by atoms with Crippen molar-refractivity contribution in [3.8, 4) is 0 Å². The second kappa shape index (κ2) is 21.2. The molecule has 20 heavy (non-hydrogen) atoms. The molecule has 1 atom stereocenters. The summed E-state index contributed by atoms with van der Waals surface area (Å²) in [5.74, 6) is 0. The zero-order valence-corrected chi connectivity index (χ0v) is 12.1. The lowest BCUT2D eigenvalue weighted by atomic mass is 10.1. The first-order valence-electron chi connectivity index (χ1n) is 7.68. The van der Waals surface area contributed by atoms with Crippen LogP contribution in [0.1, 0.15) is 86.0 Å². The molecule has 0 aromatic rings. The molecule has 0 saturated carbocycles. The van der Waals surface area contributed by atoms with Crippen molar-refractivity contribution < 1.29 is 14.9 Å². The lowest BCUT2D eigenvalue weighted by molar-refractivity contribution is 0.00526. The monoisotopic (exact) mass is 292 g/mol. The van der Waals surface area contributed by atoms with E-state index < -0.39 is 6.10 Å². The number of unbranched alkanes of at least 4 members (excludes halogenated alkanes) is 9. The minimum absolute atomic E-state index is 0. The van der Waals surface area contributed by atoms with Crippen LogP contribution in [0.5, 0.6) is 0 Å². The molecular weight excluding hydrogens is 252 g/mol. The predicted molar refractivity (Wildman–Crippen MR) is 89.2 cm³/mol. The van der Waals surface area contributed by atoms with Gasteiger partial charge in [0.2, 0.25) is 0 Å². The number of ether oxygens (including phenoxy) is 1. The Bertz CT molecular complexity index is 151. The van der Waals surface area contributed by atoms with Crippen molar-refractivity contribution in [3.05, 3.63) is 0 Å². The van der Waals surface area contributed by atoms with E-state index in [2.05, 4.69) is 6.92 Å². The molecule has 0 aromatic carbocycles. The van der Waals surface area contributed by atoms with Crippen LogP contribution in [0.2, 0.25) is 0 Å². The fourth-order valence-corrected chi connectivity index (χ4v) is 1.96. The molecule has 0 bridgehead atoms. The molecular formula is C17H40O3. The van der Waals surface area contributed by atoms with Gasteiger partial charge < -0.3 is 14.9 Å². The van der Waals surface area contributed by atoms with E-state index in [0.29, 0.717) is 6.61 Å². The van der Waals surface area contributed by atoms with Gasteiger partial charge in [0.1, 0.15) is 6.10 Å². The van der Waals surface area contributed by atoms with E-state index in [1.54, 1.807) is 0 Å². The fourth-order valence-electron chi connectivity index (χ4n) is 1.96. The van der Waals surface area contributed by atoms with E-state index in [0.717, 1.165) is 6.42 Å². The van der Waals surface area contributed by atoms with Crippen LogP contribution in [0, 0.1) is 0 Å². The summed E-state index contributed by atoms with van der Waals surface area (Å²) in [6.07, 6.45) is 12.5. The lowest BCUT2D eigenvalue weighted by Crippen LogP contribution is -2.19. The van der Waals surface area contributed by atoms with Gasteiger partial charge in [0, 0.05) is 6.61 Å². The molecule has 1 unspecified atom stereocenters. The number of hydrogen-bond donors (Lipinski definition) is 2. The van der Waals surface area contributed by atoms with E-state index >= 15 is 0 Å². The molecule has 2 N–H and O–H groups in total. The maximum Gasteiger partial charge on any atom is 0.100 e. The van der Waals surface area contributed by atoms with Crippen molar-refractivity contribution in [2.45, 2.75) is 92.1 Å². The predicted octanol–water partition coefficient (Wildman–Crippen LogP) is 4.55. The summed E-state index contributed by atoms with van der Waals surface area (Å²) in [7, 11) is 0. The topological polar surface area (TPSA) is 49.7 Å². The molecule has 0 aliphatic rings. The van der Waals surface area contributed by atoms with Crippen LogP contribution >= 0.6 is 0 Å². The quantitative estimate of drug-likeness (QED) is 0.462. The third-order valence-electron chi connectivity index (χ3n) is 3.16. The molecule has 0 aliphatic carbocycles. The number of hydrogen-bond acceptors (Lipinski definition) is 3. The second-order valence-electron chi connectivity index (χ2n) is 5.09. The first kappa shape index (κ1) is 24.9. The summed E-state index contributed by atoms with van der Waals surface area (Å²) in [4.78, 5) is 0. The van der Waals surface area contributed by atoms with E-state index in [1.807, 2.05) is 0 Å². The summed E-state index contributed by atoms with van der Waals surface area (Å²) in [6, 6.07) is 0.